The second kappa shape index (κ2) is 11.7. The molecule has 4 saturated carbocycles. The summed E-state index contributed by atoms with van der Waals surface area (Å²) in [6.07, 6.45) is 7.50. The van der Waals surface area contributed by atoms with Crippen molar-refractivity contribution in [2.45, 2.75) is 108 Å². The summed E-state index contributed by atoms with van der Waals surface area (Å²) in [6, 6.07) is -1.77. The Kier molecular flexibility index (Phi) is 8.75. The molecule has 4 amide bonds. The monoisotopic (exact) mass is 548 g/mol. The molecule has 0 aromatic heterocycles. The van der Waals surface area contributed by atoms with Gasteiger partial charge < -0.3 is 30.3 Å². The zero-order chi connectivity index (χ0) is 28.4. The van der Waals surface area contributed by atoms with E-state index in [1.54, 1.807) is 20.8 Å². The van der Waals surface area contributed by atoms with Crippen LogP contribution in [0.1, 0.15) is 85.0 Å². The Labute approximate surface area is 230 Å². The molecule has 11 nitrogen and oxygen atoms in total. The Bertz CT molecular complexity index is 940. The van der Waals surface area contributed by atoms with Gasteiger partial charge in [0, 0.05) is 18.5 Å². The van der Waals surface area contributed by atoms with E-state index in [9.17, 15) is 24.0 Å². The van der Waals surface area contributed by atoms with Crippen LogP contribution in [0, 0.1) is 17.8 Å². The van der Waals surface area contributed by atoms with Crippen LogP contribution in [0.15, 0.2) is 0 Å². The Morgan fingerprint density at radius 1 is 1.00 bits per heavy atom. The van der Waals surface area contributed by atoms with Crippen molar-refractivity contribution in [2.24, 2.45) is 17.8 Å². The van der Waals surface area contributed by atoms with Gasteiger partial charge in [0.2, 0.25) is 17.7 Å². The molecule has 2 atom stereocenters. The molecular weight excluding hydrogens is 504 g/mol. The largest absolute Gasteiger partial charge is 0.467 e. The molecule has 0 aromatic rings. The maximum absolute atomic E-state index is 13.1. The minimum absolute atomic E-state index is 0.0922. The molecule has 1 aliphatic heterocycles. The van der Waals surface area contributed by atoms with Gasteiger partial charge in [-0.1, -0.05) is 0 Å². The molecule has 0 radical (unpaired) electrons. The van der Waals surface area contributed by atoms with Gasteiger partial charge in [-0.3, -0.25) is 14.4 Å². The third-order valence-electron chi connectivity index (χ3n) is 8.56. The van der Waals surface area contributed by atoms with Gasteiger partial charge in [0.15, 0.2) is 0 Å². The van der Waals surface area contributed by atoms with Crippen molar-refractivity contribution in [1.82, 2.24) is 20.9 Å². The van der Waals surface area contributed by atoms with Crippen LogP contribution in [-0.2, 0) is 28.7 Å². The molecule has 0 aromatic carbocycles. The summed E-state index contributed by atoms with van der Waals surface area (Å²) >= 11 is 0. The number of rotatable bonds is 9. The molecule has 0 spiro atoms. The lowest BCUT2D eigenvalue weighted by molar-refractivity contribution is -0.146. The summed E-state index contributed by atoms with van der Waals surface area (Å²) < 4.78 is 10.0. The Morgan fingerprint density at radius 3 is 2.18 bits per heavy atom. The van der Waals surface area contributed by atoms with Crippen molar-refractivity contribution >= 4 is 29.8 Å². The molecular formula is C28H44N4O7. The van der Waals surface area contributed by atoms with Crippen molar-refractivity contribution in [3.63, 3.8) is 0 Å². The quantitative estimate of drug-likeness (QED) is 0.374. The number of amides is 4. The Balaban J connectivity index is 1.28. The van der Waals surface area contributed by atoms with Crippen molar-refractivity contribution in [2.75, 3.05) is 20.2 Å². The molecule has 1 heterocycles. The zero-order valence-corrected chi connectivity index (χ0v) is 23.7. The van der Waals surface area contributed by atoms with Crippen molar-refractivity contribution in [3.05, 3.63) is 0 Å². The minimum Gasteiger partial charge on any atom is -0.467 e. The average molecular weight is 549 g/mol. The smallest absolute Gasteiger partial charge is 0.408 e. The fourth-order valence-corrected chi connectivity index (χ4v) is 7.46. The zero-order valence-electron chi connectivity index (χ0n) is 23.7. The van der Waals surface area contributed by atoms with Crippen LogP contribution in [0.2, 0.25) is 0 Å². The molecule has 1 saturated heterocycles. The van der Waals surface area contributed by atoms with Crippen LogP contribution in [0.25, 0.3) is 0 Å². The van der Waals surface area contributed by atoms with E-state index >= 15 is 0 Å². The molecule has 5 aliphatic rings. The fraction of sp³-hybridized carbons (Fsp3) is 0.821. The highest BCUT2D eigenvalue weighted by Gasteiger charge is 2.51. The number of nitrogens with one attached hydrogen (secondary N) is 3. The third kappa shape index (κ3) is 7.42. The van der Waals surface area contributed by atoms with Gasteiger partial charge in [-0.2, -0.15) is 0 Å². The summed E-state index contributed by atoms with van der Waals surface area (Å²) in [4.78, 5) is 64.6. The van der Waals surface area contributed by atoms with Crippen LogP contribution in [0.3, 0.4) is 0 Å². The first kappa shape index (κ1) is 29.1. The van der Waals surface area contributed by atoms with E-state index < -0.39 is 41.6 Å². The molecule has 5 rings (SSSR count). The maximum Gasteiger partial charge on any atom is 0.408 e. The average Bonchev–Trinajstić information content (AvgIpc) is 3.32. The summed E-state index contributed by atoms with van der Waals surface area (Å²) in [6.45, 7) is 5.23. The minimum atomic E-state index is -0.998. The third-order valence-corrected chi connectivity index (χ3v) is 8.56. The maximum atomic E-state index is 13.1. The van der Waals surface area contributed by atoms with Gasteiger partial charge >= 0.3 is 12.1 Å². The number of likely N-dealkylation sites (tertiary alicyclic amines) is 1. The highest BCUT2D eigenvalue weighted by atomic mass is 16.6. The van der Waals surface area contributed by atoms with Crippen LogP contribution in [0.4, 0.5) is 4.79 Å². The SMILES string of the molecule is COC(=O)[C@H](CCC(=O)NC12CC3CC(CC(C3)C1)C2)NC(=O)[C@@H]1CCCN1C(=O)CNC(=O)OC(C)(C)C. The van der Waals surface area contributed by atoms with Crippen LogP contribution < -0.4 is 16.0 Å². The predicted molar refractivity (Wildman–Crippen MR) is 141 cm³/mol. The normalized spacial score (nSPS) is 29.9. The van der Waals surface area contributed by atoms with Gasteiger partial charge in [-0.15, -0.1) is 0 Å². The van der Waals surface area contributed by atoms with E-state index in [4.69, 9.17) is 9.47 Å². The number of ether oxygens (including phenoxy) is 2. The fourth-order valence-electron chi connectivity index (χ4n) is 7.46. The summed E-state index contributed by atoms with van der Waals surface area (Å²) in [5, 5.41) is 8.44. The molecule has 3 N–H and O–H groups in total. The lowest BCUT2D eigenvalue weighted by Crippen LogP contribution is -2.60. The van der Waals surface area contributed by atoms with E-state index in [2.05, 4.69) is 16.0 Å². The highest BCUT2D eigenvalue weighted by molar-refractivity contribution is 5.92. The Hall–Kier alpha value is -2.85. The van der Waals surface area contributed by atoms with Gasteiger partial charge in [-0.25, -0.2) is 9.59 Å². The molecule has 4 bridgehead atoms. The summed E-state index contributed by atoms with van der Waals surface area (Å²) in [5.41, 5.74) is -0.813. The number of carbonyl (C=O) groups is 5. The van der Waals surface area contributed by atoms with E-state index in [-0.39, 0.29) is 30.8 Å². The standard InChI is InChI=1S/C28H44N4O7/c1-27(2,3)39-26(37)29-16-23(34)32-9-5-6-21(32)24(35)30-20(25(36)38-4)7-8-22(33)31-28-13-17-10-18(14-28)12-19(11-17)15-28/h17-21H,5-16H2,1-4H3,(H,29,37)(H,30,35)(H,31,33)/t17?,18?,19?,20-,21-,28?/m0/s1. The van der Waals surface area contributed by atoms with Crippen LogP contribution >= 0.6 is 0 Å². The van der Waals surface area contributed by atoms with E-state index in [1.165, 1.54) is 31.3 Å². The first-order valence-electron chi connectivity index (χ1n) is 14.3. The molecule has 39 heavy (non-hydrogen) atoms. The first-order valence-corrected chi connectivity index (χ1v) is 14.3. The van der Waals surface area contributed by atoms with E-state index in [0.717, 1.165) is 19.3 Å². The number of esters is 1. The first-order chi connectivity index (χ1) is 18.4. The van der Waals surface area contributed by atoms with Crippen LogP contribution in [0.5, 0.6) is 0 Å². The topological polar surface area (TPSA) is 143 Å². The number of nitrogens with zero attached hydrogens (tertiary/aromatic N) is 1. The van der Waals surface area contributed by atoms with Gasteiger partial charge in [0.25, 0.3) is 0 Å². The number of alkyl carbamates (subject to hydrolysis) is 1. The molecule has 5 fully saturated rings. The highest BCUT2D eigenvalue weighted by Crippen LogP contribution is 2.55. The second-order valence-electron chi connectivity index (χ2n) is 13.0. The van der Waals surface area contributed by atoms with Crippen LogP contribution in [-0.4, -0.2) is 78.1 Å². The molecule has 11 heteroatoms. The Morgan fingerprint density at radius 2 is 1.62 bits per heavy atom. The molecule has 218 valence electrons. The number of methoxy groups -OCH3 is 1. The second-order valence-corrected chi connectivity index (χ2v) is 13.0. The van der Waals surface area contributed by atoms with Crippen molar-refractivity contribution in [1.29, 1.82) is 0 Å². The number of carbonyl (C=O) groups excluding carboxylic acids is 5. The van der Waals surface area contributed by atoms with E-state index in [0.29, 0.717) is 37.1 Å². The lowest BCUT2D eigenvalue weighted by Gasteiger charge is -2.57. The predicted octanol–water partition coefficient (Wildman–Crippen LogP) is 2.03. The summed E-state index contributed by atoms with van der Waals surface area (Å²) in [7, 11) is 1.24. The molecule has 4 aliphatic carbocycles. The van der Waals surface area contributed by atoms with Gasteiger partial charge in [0.1, 0.15) is 24.2 Å². The lowest BCUT2D eigenvalue weighted by atomic mass is 9.53. The molecule has 0 unspecified atom stereocenters. The number of hydrogen-bond donors (Lipinski definition) is 3. The van der Waals surface area contributed by atoms with Gasteiger partial charge in [0.05, 0.1) is 7.11 Å². The number of hydrogen-bond acceptors (Lipinski definition) is 7. The van der Waals surface area contributed by atoms with Gasteiger partial charge in [-0.05, 0) is 96.3 Å². The van der Waals surface area contributed by atoms with Crippen molar-refractivity contribution < 1.29 is 33.4 Å². The van der Waals surface area contributed by atoms with E-state index in [1.807, 2.05) is 0 Å². The van der Waals surface area contributed by atoms with Crippen molar-refractivity contribution in [3.8, 4) is 0 Å². The summed E-state index contributed by atoms with van der Waals surface area (Å²) in [5.74, 6) is 0.484.